The van der Waals surface area contributed by atoms with Gasteiger partial charge in [-0.2, -0.15) is 0 Å². The van der Waals surface area contributed by atoms with Gasteiger partial charge >= 0.3 is 0 Å². The summed E-state index contributed by atoms with van der Waals surface area (Å²) in [4.78, 5) is 37.9. The molecule has 1 saturated carbocycles. The molecule has 0 aromatic heterocycles. The van der Waals surface area contributed by atoms with Crippen LogP contribution in [-0.4, -0.2) is 62.5 Å². The van der Waals surface area contributed by atoms with Gasteiger partial charge in [0.1, 0.15) is 0 Å². The number of rotatable bonds is 8. The van der Waals surface area contributed by atoms with Crippen molar-refractivity contribution in [3.63, 3.8) is 0 Å². The predicted molar refractivity (Wildman–Crippen MR) is 82.2 cm³/mol. The topological polar surface area (TPSA) is 87.7 Å². The highest BCUT2D eigenvalue weighted by Crippen LogP contribution is 2.52. The molecular formula is C16H23N3O4. The first kappa shape index (κ1) is 16.1. The molecule has 4 unspecified atom stereocenters. The smallest absolute Gasteiger partial charge is 0.234 e. The molecule has 7 nitrogen and oxygen atoms in total. The van der Waals surface area contributed by atoms with Gasteiger partial charge in [-0.25, -0.2) is 0 Å². The summed E-state index contributed by atoms with van der Waals surface area (Å²) in [5.41, 5.74) is 0. The van der Waals surface area contributed by atoms with Crippen LogP contribution in [0.3, 0.4) is 0 Å². The fourth-order valence-corrected chi connectivity index (χ4v) is 3.93. The van der Waals surface area contributed by atoms with Crippen molar-refractivity contribution in [3.8, 4) is 0 Å². The number of carbonyl (C=O) groups is 3. The second-order valence-corrected chi connectivity index (χ2v) is 6.35. The Labute approximate surface area is 135 Å². The number of nitrogens with zero attached hydrogens (tertiary/aromatic N) is 1. The van der Waals surface area contributed by atoms with E-state index in [-0.39, 0.29) is 54.5 Å². The third-order valence-electron chi connectivity index (χ3n) is 4.99. The Morgan fingerprint density at radius 2 is 1.87 bits per heavy atom. The van der Waals surface area contributed by atoms with Crippen LogP contribution in [0.15, 0.2) is 12.2 Å². The molecule has 1 saturated heterocycles. The van der Waals surface area contributed by atoms with Crippen LogP contribution in [-0.2, 0) is 19.1 Å². The number of nitrogens with one attached hydrogen (secondary N) is 2. The summed E-state index contributed by atoms with van der Waals surface area (Å²) in [6.07, 6.45) is 5.09. The van der Waals surface area contributed by atoms with Crippen molar-refractivity contribution < 1.29 is 19.1 Å². The van der Waals surface area contributed by atoms with E-state index in [0.29, 0.717) is 19.7 Å². The van der Waals surface area contributed by atoms with Gasteiger partial charge in [-0.1, -0.05) is 12.2 Å². The largest absolute Gasteiger partial charge is 0.383 e. The number of fused-ring (bicyclic) bond motifs is 5. The number of carbonyl (C=O) groups excluding carboxylic acids is 3. The summed E-state index contributed by atoms with van der Waals surface area (Å²) < 4.78 is 4.87. The molecule has 3 aliphatic rings. The van der Waals surface area contributed by atoms with E-state index in [4.69, 9.17) is 4.74 Å². The van der Waals surface area contributed by atoms with Crippen LogP contribution >= 0.6 is 0 Å². The molecule has 2 aliphatic carbocycles. The van der Waals surface area contributed by atoms with Crippen LogP contribution in [0.2, 0.25) is 0 Å². The van der Waals surface area contributed by atoms with Crippen LogP contribution in [0, 0.1) is 23.7 Å². The van der Waals surface area contributed by atoms with Crippen LogP contribution in [0.5, 0.6) is 0 Å². The molecule has 2 fully saturated rings. The van der Waals surface area contributed by atoms with Gasteiger partial charge in [-0.3, -0.25) is 19.3 Å². The Kier molecular flexibility index (Phi) is 4.77. The quantitative estimate of drug-likeness (QED) is 0.345. The van der Waals surface area contributed by atoms with E-state index in [1.165, 1.54) is 4.90 Å². The first-order chi connectivity index (χ1) is 11.1. The number of allylic oxidation sites excluding steroid dienone is 2. The highest BCUT2D eigenvalue weighted by molar-refractivity contribution is 6.06. The van der Waals surface area contributed by atoms with Crippen molar-refractivity contribution >= 4 is 17.7 Å². The fourth-order valence-electron chi connectivity index (χ4n) is 3.93. The van der Waals surface area contributed by atoms with Crippen molar-refractivity contribution in [3.05, 3.63) is 12.2 Å². The van der Waals surface area contributed by atoms with Gasteiger partial charge in [0.2, 0.25) is 17.7 Å². The van der Waals surface area contributed by atoms with Gasteiger partial charge in [0, 0.05) is 26.7 Å². The summed E-state index contributed by atoms with van der Waals surface area (Å²) in [5, 5.41) is 5.67. The molecule has 1 heterocycles. The van der Waals surface area contributed by atoms with E-state index in [1.807, 2.05) is 0 Å². The zero-order valence-corrected chi connectivity index (χ0v) is 13.3. The normalized spacial score (nSPS) is 31.1. The summed E-state index contributed by atoms with van der Waals surface area (Å²) in [5.74, 6) is -0.152. The first-order valence-electron chi connectivity index (χ1n) is 8.13. The van der Waals surface area contributed by atoms with E-state index in [1.54, 1.807) is 7.11 Å². The van der Waals surface area contributed by atoms with Crippen molar-refractivity contribution in [2.75, 3.05) is 39.9 Å². The lowest BCUT2D eigenvalue weighted by atomic mass is 9.85. The zero-order chi connectivity index (χ0) is 16.4. The SMILES string of the molecule is COCCNCC(=O)NCCN1C(=O)C2C3C=CC(C3)C2C1=O. The fraction of sp³-hybridized carbons (Fsp3) is 0.688. The van der Waals surface area contributed by atoms with Crippen LogP contribution in [0.25, 0.3) is 0 Å². The third kappa shape index (κ3) is 3.03. The molecule has 2 N–H and O–H groups in total. The number of hydrogen-bond acceptors (Lipinski definition) is 5. The standard InChI is InChI=1S/C16H23N3O4/c1-23-7-5-17-9-12(20)18-4-6-19-15(21)13-10-2-3-11(8-10)14(13)16(19)22/h2-3,10-11,13-14,17H,4-9H2,1H3,(H,18,20). The van der Waals surface area contributed by atoms with Crippen LogP contribution in [0.1, 0.15) is 6.42 Å². The molecule has 7 heteroatoms. The molecule has 3 amide bonds. The lowest BCUT2D eigenvalue weighted by Gasteiger charge is -2.17. The minimum atomic E-state index is -0.163. The number of imide groups is 1. The highest BCUT2D eigenvalue weighted by atomic mass is 16.5. The van der Waals surface area contributed by atoms with Gasteiger partial charge in [-0.05, 0) is 18.3 Å². The van der Waals surface area contributed by atoms with Crippen molar-refractivity contribution in [1.82, 2.24) is 15.5 Å². The highest BCUT2D eigenvalue weighted by Gasteiger charge is 2.58. The van der Waals surface area contributed by atoms with Crippen molar-refractivity contribution in [1.29, 1.82) is 0 Å². The van der Waals surface area contributed by atoms with Crippen LogP contribution < -0.4 is 10.6 Å². The molecular weight excluding hydrogens is 298 g/mol. The average Bonchev–Trinajstić information content (AvgIpc) is 3.21. The molecule has 2 bridgehead atoms. The minimum absolute atomic E-state index is 0.0654. The monoisotopic (exact) mass is 321 g/mol. The Morgan fingerprint density at radius 3 is 2.48 bits per heavy atom. The maximum Gasteiger partial charge on any atom is 0.234 e. The van der Waals surface area contributed by atoms with E-state index in [2.05, 4.69) is 22.8 Å². The average molecular weight is 321 g/mol. The molecule has 126 valence electrons. The Morgan fingerprint density at radius 1 is 1.22 bits per heavy atom. The third-order valence-corrected chi connectivity index (χ3v) is 4.99. The van der Waals surface area contributed by atoms with Crippen molar-refractivity contribution in [2.24, 2.45) is 23.7 Å². The van der Waals surface area contributed by atoms with E-state index >= 15 is 0 Å². The molecule has 0 spiro atoms. The summed E-state index contributed by atoms with van der Waals surface area (Å²) in [6.45, 7) is 1.90. The van der Waals surface area contributed by atoms with Gasteiger partial charge in [0.25, 0.3) is 0 Å². The Balaban J connectivity index is 1.42. The van der Waals surface area contributed by atoms with E-state index in [0.717, 1.165) is 6.42 Å². The predicted octanol–water partition coefficient (Wildman–Crippen LogP) is -0.854. The summed E-state index contributed by atoms with van der Waals surface area (Å²) in [6, 6.07) is 0. The number of amides is 3. The molecule has 3 rings (SSSR count). The Hall–Kier alpha value is -1.73. The maximum atomic E-state index is 12.4. The molecule has 23 heavy (non-hydrogen) atoms. The summed E-state index contributed by atoms with van der Waals surface area (Å²) in [7, 11) is 1.60. The van der Waals surface area contributed by atoms with Crippen molar-refractivity contribution in [2.45, 2.75) is 6.42 Å². The second kappa shape index (κ2) is 6.80. The molecule has 0 aromatic carbocycles. The second-order valence-electron chi connectivity index (χ2n) is 6.35. The zero-order valence-electron chi connectivity index (χ0n) is 13.3. The molecule has 0 radical (unpaired) electrons. The molecule has 1 aliphatic heterocycles. The Bertz CT molecular complexity index is 503. The number of hydrogen-bond donors (Lipinski definition) is 2. The van der Waals surface area contributed by atoms with E-state index in [9.17, 15) is 14.4 Å². The number of ether oxygens (including phenoxy) is 1. The minimum Gasteiger partial charge on any atom is -0.383 e. The summed E-state index contributed by atoms with van der Waals surface area (Å²) >= 11 is 0. The van der Waals surface area contributed by atoms with Gasteiger partial charge in [0.05, 0.1) is 25.0 Å². The van der Waals surface area contributed by atoms with Crippen LogP contribution in [0.4, 0.5) is 0 Å². The molecule has 0 aromatic rings. The lowest BCUT2D eigenvalue weighted by Crippen LogP contribution is -2.42. The van der Waals surface area contributed by atoms with Gasteiger partial charge in [-0.15, -0.1) is 0 Å². The lowest BCUT2D eigenvalue weighted by molar-refractivity contribution is -0.141. The maximum absolute atomic E-state index is 12.4. The first-order valence-corrected chi connectivity index (χ1v) is 8.13. The number of likely N-dealkylation sites (tertiary alicyclic amines) is 1. The van der Waals surface area contributed by atoms with Gasteiger partial charge in [0.15, 0.2) is 0 Å². The number of methoxy groups -OCH3 is 1. The van der Waals surface area contributed by atoms with Gasteiger partial charge < -0.3 is 15.4 Å². The molecule has 4 atom stereocenters. The van der Waals surface area contributed by atoms with E-state index < -0.39 is 0 Å².